The third-order valence-corrected chi connectivity index (χ3v) is 3.90. The van der Waals surface area contributed by atoms with E-state index in [1.54, 1.807) is 0 Å². The molecule has 0 aliphatic carbocycles. The summed E-state index contributed by atoms with van der Waals surface area (Å²) in [5, 5.41) is 15.6. The van der Waals surface area contributed by atoms with Crippen LogP contribution in [0.1, 0.15) is 44.1 Å². The number of aliphatic carboxylic acids is 1. The number of rotatable bonds is 6. The van der Waals surface area contributed by atoms with E-state index in [2.05, 4.69) is 10.4 Å². The molecule has 27 heavy (non-hydrogen) atoms. The molecule has 2 rings (SSSR count). The fourth-order valence-electron chi connectivity index (χ4n) is 2.40. The summed E-state index contributed by atoms with van der Waals surface area (Å²) in [5.41, 5.74) is -0.979. The van der Waals surface area contributed by atoms with E-state index in [-0.39, 0.29) is 23.2 Å². The smallest absolute Gasteiger partial charge is 0.326 e. The Morgan fingerprint density at radius 2 is 1.89 bits per heavy atom. The second-order valence-corrected chi connectivity index (χ2v) is 7.38. The van der Waals surface area contributed by atoms with E-state index >= 15 is 0 Å². The Morgan fingerprint density at radius 3 is 2.48 bits per heavy atom. The molecule has 1 unspecified atom stereocenters. The van der Waals surface area contributed by atoms with Crippen LogP contribution in [-0.4, -0.2) is 32.8 Å². The molecular formula is C19H22FN3O4. The highest BCUT2D eigenvalue weighted by Crippen LogP contribution is 2.21. The van der Waals surface area contributed by atoms with Crippen LogP contribution in [0, 0.1) is 11.2 Å². The molecule has 0 bridgehead atoms. The van der Waals surface area contributed by atoms with E-state index in [0.29, 0.717) is 6.42 Å². The molecule has 0 spiro atoms. The van der Waals surface area contributed by atoms with Crippen molar-refractivity contribution in [2.75, 3.05) is 0 Å². The number of amides is 1. The lowest BCUT2D eigenvalue weighted by Gasteiger charge is -2.21. The topological polar surface area (TPSA) is 101 Å². The molecule has 1 aromatic heterocycles. The minimum Gasteiger partial charge on any atom is -0.480 e. The number of para-hydroxylation sites is 1. The van der Waals surface area contributed by atoms with Gasteiger partial charge >= 0.3 is 5.97 Å². The fraction of sp³-hybridized carbons (Fsp3) is 0.368. The van der Waals surface area contributed by atoms with Crippen molar-refractivity contribution in [3.05, 3.63) is 58.3 Å². The molecule has 2 N–H and O–H groups in total. The number of carbonyl (C=O) groups is 2. The lowest BCUT2D eigenvalue weighted by molar-refractivity contribution is -0.139. The minimum absolute atomic E-state index is 0.0886. The van der Waals surface area contributed by atoms with E-state index in [1.807, 2.05) is 20.8 Å². The SMILES string of the molecule is CC(C)(C)CCC(NC(=O)c1ccc(=O)n(-c2ccccc2F)n1)C(=O)O. The lowest BCUT2D eigenvalue weighted by Crippen LogP contribution is -2.42. The average molecular weight is 375 g/mol. The summed E-state index contributed by atoms with van der Waals surface area (Å²) in [4.78, 5) is 35.8. The van der Waals surface area contributed by atoms with Gasteiger partial charge in [0.25, 0.3) is 11.5 Å². The first-order valence-electron chi connectivity index (χ1n) is 8.47. The Bertz CT molecular complexity index is 902. The van der Waals surface area contributed by atoms with Crippen molar-refractivity contribution < 1.29 is 19.1 Å². The maximum Gasteiger partial charge on any atom is 0.326 e. The molecule has 144 valence electrons. The number of nitrogens with zero attached hydrogens (tertiary/aromatic N) is 2. The number of aromatic nitrogens is 2. The van der Waals surface area contributed by atoms with E-state index in [9.17, 15) is 23.9 Å². The standard InChI is InChI=1S/C19H22FN3O4/c1-19(2,3)11-10-14(18(26)27)21-17(25)13-8-9-16(24)23(22-13)15-7-5-4-6-12(15)20/h4-9,14H,10-11H2,1-3H3,(H,21,25)(H,26,27). The predicted octanol–water partition coefficient (Wildman–Crippen LogP) is 2.38. The molecular weight excluding hydrogens is 353 g/mol. The molecule has 0 fully saturated rings. The third kappa shape index (κ3) is 5.47. The van der Waals surface area contributed by atoms with Gasteiger partial charge in [0.1, 0.15) is 23.2 Å². The van der Waals surface area contributed by atoms with Gasteiger partial charge in [0.2, 0.25) is 0 Å². The van der Waals surface area contributed by atoms with Gasteiger partial charge in [-0.25, -0.2) is 9.18 Å². The van der Waals surface area contributed by atoms with Gasteiger partial charge < -0.3 is 10.4 Å². The van der Waals surface area contributed by atoms with Gasteiger partial charge in [-0.15, -0.1) is 0 Å². The van der Waals surface area contributed by atoms with Crippen LogP contribution in [-0.2, 0) is 4.79 Å². The van der Waals surface area contributed by atoms with E-state index in [4.69, 9.17) is 0 Å². The van der Waals surface area contributed by atoms with Gasteiger partial charge in [0.15, 0.2) is 0 Å². The summed E-state index contributed by atoms with van der Waals surface area (Å²) >= 11 is 0. The number of nitrogens with one attached hydrogen (secondary N) is 1. The number of hydrogen-bond acceptors (Lipinski definition) is 4. The van der Waals surface area contributed by atoms with Gasteiger partial charge in [0, 0.05) is 6.07 Å². The van der Waals surface area contributed by atoms with Crippen LogP contribution < -0.4 is 10.9 Å². The number of hydrogen-bond donors (Lipinski definition) is 2. The average Bonchev–Trinajstić information content (AvgIpc) is 2.58. The molecule has 0 aliphatic heterocycles. The maximum absolute atomic E-state index is 13.9. The van der Waals surface area contributed by atoms with Crippen LogP contribution >= 0.6 is 0 Å². The van der Waals surface area contributed by atoms with Crippen molar-refractivity contribution in [3.63, 3.8) is 0 Å². The normalized spacial score (nSPS) is 12.4. The molecule has 1 heterocycles. The molecule has 0 saturated carbocycles. The zero-order valence-corrected chi connectivity index (χ0v) is 15.4. The molecule has 0 aliphatic rings. The summed E-state index contributed by atoms with van der Waals surface area (Å²) in [5.74, 6) is -2.57. The summed E-state index contributed by atoms with van der Waals surface area (Å²) in [6, 6.07) is 6.70. The Balaban J connectivity index is 2.26. The van der Waals surface area contributed by atoms with Gasteiger partial charge in [-0.3, -0.25) is 9.59 Å². The molecule has 2 aromatic rings. The van der Waals surface area contributed by atoms with Gasteiger partial charge in [-0.1, -0.05) is 32.9 Å². The molecule has 1 atom stereocenters. The zero-order chi connectivity index (χ0) is 20.2. The van der Waals surface area contributed by atoms with Crippen LogP contribution in [0.25, 0.3) is 5.69 Å². The minimum atomic E-state index is -1.16. The first-order valence-corrected chi connectivity index (χ1v) is 8.47. The highest BCUT2D eigenvalue weighted by atomic mass is 19.1. The van der Waals surface area contributed by atoms with Crippen molar-refractivity contribution in [1.82, 2.24) is 15.1 Å². The maximum atomic E-state index is 13.9. The molecule has 1 amide bonds. The second-order valence-electron chi connectivity index (χ2n) is 7.38. The Labute approximate surface area is 155 Å². The lowest BCUT2D eigenvalue weighted by atomic mass is 9.88. The zero-order valence-electron chi connectivity index (χ0n) is 15.4. The van der Waals surface area contributed by atoms with E-state index < -0.39 is 29.3 Å². The van der Waals surface area contributed by atoms with Crippen LogP contribution in [0.3, 0.4) is 0 Å². The monoisotopic (exact) mass is 375 g/mol. The van der Waals surface area contributed by atoms with Gasteiger partial charge in [-0.05, 0) is 36.5 Å². The van der Waals surface area contributed by atoms with Crippen molar-refractivity contribution in [2.45, 2.75) is 39.7 Å². The van der Waals surface area contributed by atoms with Crippen LogP contribution in [0.2, 0.25) is 0 Å². The van der Waals surface area contributed by atoms with Crippen molar-refractivity contribution in [3.8, 4) is 5.69 Å². The second kappa shape index (κ2) is 8.11. The Kier molecular flexibility index (Phi) is 6.09. The summed E-state index contributed by atoms with van der Waals surface area (Å²) < 4.78 is 14.7. The summed E-state index contributed by atoms with van der Waals surface area (Å²) in [6.07, 6.45) is 0.837. The van der Waals surface area contributed by atoms with Crippen molar-refractivity contribution in [1.29, 1.82) is 0 Å². The molecule has 0 saturated heterocycles. The number of carboxylic acid groups (broad SMARTS) is 1. The number of halogens is 1. The van der Waals surface area contributed by atoms with Gasteiger partial charge in [-0.2, -0.15) is 9.78 Å². The predicted molar refractivity (Wildman–Crippen MR) is 97.4 cm³/mol. The van der Waals surface area contributed by atoms with Crippen molar-refractivity contribution in [2.24, 2.45) is 5.41 Å². The molecule has 0 radical (unpaired) electrons. The number of benzene rings is 1. The first-order chi connectivity index (χ1) is 12.6. The Morgan fingerprint density at radius 1 is 1.22 bits per heavy atom. The molecule has 7 nitrogen and oxygen atoms in total. The van der Waals surface area contributed by atoms with Crippen LogP contribution in [0.4, 0.5) is 4.39 Å². The highest BCUT2D eigenvalue weighted by Gasteiger charge is 2.24. The molecule has 1 aromatic carbocycles. The summed E-state index contributed by atoms with van der Waals surface area (Å²) in [6.45, 7) is 5.92. The summed E-state index contributed by atoms with van der Waals surface area (Å²) in [7, 11) is 0. The van der Waals surface area contributed by atoms with Gasteiger partial charge in [0.05, 0.1) is 0 Å². The largest absolute Gasteiger partial charge is 0.480 e. The fourth-order valence-corrected chi connectivity index (χ4v) is 2.40. The molecule has 8 heteroatoms. The highest BCUT2D eigenvalue weighted by molar-refractivity contribution is 5.94. The van der Waals surface area contributed by atoms with Crippen molar-refractivity contribution >= 4 is 11.9 Å². The van der Waals surface area contributed by atoms with E-state index in [0.717, 1.165) is 10.7 Å². The number of carboxylic acids is 1. The van der Waals surface area contributed by atoms with Crippen LogP contribution in [0.15, 0.2) is 41.2 Å². The number of carbonyl (C=O) groups excluding carboxylic acids is 1. The Hall–Kier alpha value is -3.03. The third-order valence-electron chi connectivity index (χ3n) is 3.90. The van der Waals surface area contributed by atoms with E-state index in [1.165, 1.54) is 30.3 Å². The first kappa shape index (κ1) is 20.3. The van der Waals surface area contributed by atoms with Crippen LogP contribution in [0.5, 0.6) is 0 Å². The quantitative estimate of drug-likeness (QED) is 0.807.